The Balaban J connectivity index is 2.12. The average Bonchev–Trinajstić information content (AvgIpc) is 2.29. The molecule has 17 heavy (non-hydrogen) atoms. The summed E-state index contributed by atoms with van der Waals surface area (Å²) in [4.78, 5) is 21.5. The summed E-state index contributed by atoms with van der Waals surface area (Å²) < 4.78 is 4.31. The first-order valence-electron chi connectivity index (χ1n) is 5.35. The molecule has 0 unspecified atom stereocenters. The summed E-state index contributed by atoms with van der Waals surface area (Å²) in [5.41, 5.74) is 0.951. The van der Waals surface area contributed by atoms with Crippen LogP contribution in [0.4, 0.5) is 4.79 Å². The van der Waals surface area contributed by atoms with Gasteiger partial charge in [0.05, 0.1) is 13.0 Å². The highest BCUT2D eigenvalue weighted by atomic mass is 16.7. The number of carbonyl (C=O) groups is 2. The number of carbonyl (C=O) groups excluding carboxylic acids is 1. The molecule has 0 saturated heterocycles. The molecule has 1 amide bonds. The topological polar surface area (TPSA) is 75.6 Å². The lowest BCUT2D eigenvalue weighted by molar-refractivity contribution is -0.120. The standard InChI is InChI=1S/C12H15NO4/c14-11(9-10-5-2-1-3-6-10)13-7-4-8-17-12(15)16/h1-3,5-6H,4,7-9H2,(H,13,14)(H,15,16). The number of hydrogen-bond acceptors (Lipinski definition) is 3. The molecule has 5 nitrogen and oxygen atoms in total. The molecule has 0 heterocycles. The van der Waals surface area contributed by atoms with Crippen molar-refractivity contribution in [2.45, 2.75) is 12.8 Å². The molecule has 1 rings (SSSR count). The van der Waals surface area contributed by atoms with E-state index in [-0.39, 0.29) is 12.5 Å². The van der Waals surface area contributed by atoms with Gasteiger partial charge in [0.15, 0.2) is 0 Å². The van der Waals surface area contributed by atoms with Crippen LogP contribution in [0.15, 0.2) is 30.3 Å². The zero-order chi connectivity index (χ0) is 12.5. The molecular formula is C12H15NO4. The van der Waals surface area contributed by atoms with Crippen LogP contribution in [-0.2, 0) is 16.0 Å². The van der Waals surface area contributed by atoms with Crippen molar-refractivity contribution < 1.29 is 19.4 Å². The highest BCUT2D eigenvalue weighted by molar-refractivity contribution is 5.78. The van der Waals surface area contributed by atoms with Gasteiger partial charge in [0.25, 0.3) is 0 Å². The normalized spacial score (nSPS) is 9.65. The second kappa shape index (κ2) is 7.27. The van der Waals surface area contributed by atoms with Crippen molar-refractivity contribution in [3.05, 3.63) is 35.9 Å². The molecule has 0 spiro atoms. The molecule has 0 aliphatic rings. The monoisotopic (exact) mass is 237 g/mol. The first-order chi connectivity index (χ1) is 8.18. The third-order valence-corrected chi connectivity index (χ3v) is 2.08. The van der Waals surface area contributed by atoms with Crippen LogP contribution in [-0.4, -0.2) is 30.3 Å². The number of carboxylic acid groups (broad SMARTS) is 1. The van der Waals surface area contributed by atoms with E-state index in [0.29, 0.717) is 19.4 Å². The molecule has 1 aromatic carbocycles. The van der Waals surface area contributed by atoms with Gasteiger partial charge < -0.3 is 15.2 Å². The number of benzene rings is 1. The minimum absolute atomic E-state index is 0.0773. The van der Waals surface area contributed by atoms with E-state index in [2.05, 4.69) is 10.1 Å². The lowest BCUT2D eigenvalue weighted by Crippen LogP contribution is -2.27. The van der Waals surface area contributed by atoms with Crippen molar-refractivity contribution in [1.82, 2.24) is 5.32 Å². The second-order valence-electron chi connectivity index (χ2n) is 3.48. The van der Waals surface area contributed by atoms with Gasteiger partial charge in [0, 0.05) is 6.54 Å². The molecule has 5 heteroatoms. The van der Waals surface area contributed by atoms with Gasteiger partial charge in [0.1, 0.15) is 0 Å². The van der Waals surface area contributed by atoms with Gasteiger partial charge in [-0.05, 0) is 12.0 Å². The minimum Gasteiger partial charge on any atom is -0.450 e. The van der Waals surface area contributed by atoms with E-state index in [1.165, 1.54) is 0 Å². The Bertz CT molecular complexity index is 364. The Kier molecular flexibility index (Phi) is 5.57. The fraction of sp³-hybridized carbons (Fsp3) is 0.333. The molecule has 0 aliphatic heterocycles. The zero-order valence-electron chi connectivity index (χ0n) is 9.39. The SMILES string of the molecule is O=C(Cc1ccccc1)NCCCOC(=O)O. The van der Waals surface area contributed by atoms with Crippen molar-refractivity contribution in [3.63, 3.8) is 0 Å². The molecule has 2 N–H and O–H groups in total. The number of rotatable bonds is 6. The van der Waals surface area contributed by atoms with Crippen molar-refractivity contribution in [2.24, 2.45) is 0 Å². The van der Waals surface area contributed by atoms with Crippen LogP contribution < -0.4 is 5.32 Å². The summed E-state index contributed by atoms with van der Waals surface area (Å²) in [5, 5.41) is 10.9. The van der Waals surface area contributed by atoms with Crippen LogP contribution >= 0.6 is 0 Å². The van der Waals surface area contributed by atoms with E-state index < -0.39 is 6.16 Å². The van der Waals surface area contributed by atoms with Crippen LogP contribution in [0.2, 0.25) is 0 Å². The Hall–Kier alpha value is -2.04. The number of hydrogen-bond donors (Lipinski definition) is 2. The minimum atomic E-state index is -1.29. The van der Waals surface area contributed by atoms with Gasteiger partial charge in [0.2, 0.25) is 5.91 Å². The smallest absolute Gasteiger partial charge is 0.450 e. The Labute approximate surface area is 99.4 Å². The first-order valence-corrected chi connectivity index (χ1v) is 5.35. The van der Waals surface area contributed by atoms with Gasteiger partial charge in [-0.2, -0.15) is 0 Å². The molecule has 0 fully saturated rings. The van der Waals surface area contributed by atoms with Crippen LogP contribution in [0.3, 0.4) is 0 Å². The molecule has 0 aromatic heterocycles. The van der Waals surface area contributed by atoms with Gasteiger partial charge in [-0.3, -0.25) is 4.79 Å². The van der Waals surface area contributed by atoms with E-state index in [0.717, 1.165) is 5.56 Å². The van der Waals surface area contributed by atoms with Crippen LogP contribution in [0, 0.1) is 0 Å². The lowest BCUT2D eigenvalue weighted by atomic mass is 10.1. The van der Waals surface area contributed by atoms with Crippen molar-refractivity contribution in [3.8, 4) is 0 Å². The fourth-order valence-electron chi connectivity index (χ4n) is 1.30. The van der Waals surface area contributed by atoms with Crippen molar-refractivity contribution >= 4 is 12.1 Å². The third kappa shape index (κ3) is 6.19. The summed E-state index contributed by atoms with van der Waals surface area (Å²) in [6.45, 7) is 0.514. The molecule has 0 bridgehead atoms. The summed E-state index contributed by atoms with van der Waals surface area (Å²) in [7, 11) is 0. The molecule has 0 atom stereocenters. The maximum absolute atomic E-state index is 11.4. The molecular weight excluding hydrogens is 222 g/mol. The van der Waals surface area contributed by atoms with Crippen LogP contribution in [0.25, 0.3) is 0 Å². The maximum atomic E-state index is 11.4. The predicted octanol–water partition coefficient (Wildman–Crippen LogP) is 1.43. The third-order valence-electron chi connectivity index (χ3n) is 2.08. The summed E-state index contributed by atoms with van der Waals surface area (Å²) in [6, 6.07) is 9.41. The van der Waals surface area contributed by atoms with E-state index in [4.69, 9.17) is 5.11 Å². The summed E-state index contributed by atoms with van der Waals surface area (Å²) >= 11 is 0. The maximum Gasteiger partial charge on any atom is 0.505 e. The number of ether oxygens (including phenoxy) is 1. The Morgan fingerprint density at radius 2 is 1.94 bits per heavy atom. The van der Waals surface area contributed by atoms with E-state index in [1.54, 1.807) is 0 Å². The fourth-order valence-corrected chi connectivity index (χ4v) is 1.30. The quantitative estimate of drug-likeness (QED) is 0.579. The van der Waals surface area contributed by atoms with Crippen LogP contribution in [0.5, 0.6) is 0 Å². The highest BCUT2D eigenvalue weighted by Gasteiger charge is 2.02. The van der Waals surface area contributed by atoms with Crippen molar-refractivity contribution in [1.29, 1.82) is 0 Å². The van der Waals surface area contributed by atoms with Gasteiger partial charge >= 0.3 is 6.16 Å². The number of nitrogens with one attached hydrogen (secondary N) is 1. The predicted molar refractivity (Wildman–Crippen MR) is 61.7 cm³/mol. The highest BCUT2D eigenvalue weighted by Crippen LogP contribution is 1.98. The van der Waals surface area contributed by atoms with Crippen molar-refractivity contribution in [2.75, 3.05) is 13.2 Å². The lowest BCUT2D eigenvalue weighted by Gasteiger charge is -2.05. The van der Waals surface area contributed by atoms with Gasteiger partial charge in [-0.15, -0.1) is 0 Å². The molecule has 1 aromatic rings. The van der Waals surface area contributed by atoms with E-state index in [9.17, 15) is 9.59 Å². The molecule has 0 saturated carbocycles. The summed E-state index contributed by atoms with van der Waals surface area (Å²) in [5.74, 6) is -0.0773. The zero-order valence-corrected chi connectivity index (χ0v) is 9.39. The van der Waals surface area contributed by atoms with Gasteiger partial charge in [-0.25, -0.2) is 4.79 Å². The molecule has 0 radical (unpaired) electrons. The summed E-state index contributed by atoms with van der Waals surface area (Å²) in [6.07, 6.45) is -0.478. The van der Waals surface area contributed by atoms with Crippen LogP contribution in [0.1, 0.15) is 12.0 Å². The number of amides is 1. The Morgan fingerprint density at radius 3 is 2.59 bits per heavy atom. The second-order valence-corrected chi connectivity index (χ2v) is 3.48. The van der Waals surface area contributed by atoms with E-state index >= 15 is 0 Å². The van der Waals surface area contributed by atoms with Gasteiger partial charge in [-0.1, -0.05) is 30.3 Å². The average molecular weight is 237 g/mol. The largest absolute Gasteiger partial charge is 0.505 e. The first kappa shape index (κ1) is 13.0. The molecule has 0 aliphatic carbocycles. The Morgan fingerprint density at radius 1 is 1.24 bits per heavy atom. The molecule has 92 valence electrons. The van der Waals surface area contributed by atoms with E-state index in [1.807, 2.05) is 30.3 Å².